The van der Waals surface area contributed by atoms with Crippen molar-refractivity contribution < 1.29 is 57.4 Å². The third-order valence-electron chi connectivity index (χ3n) is 2.49. The standard InChI is InChI=1S/C6H10N2.C4H2F8O4S/c1-3-6-7-4-5-8(6)2;5-1(2(6,7)17(13,14)15)16-4(11,12)3(8,9)10/h4-5H,3H2,1-2H3;1H,(H,13,14,15). The minimum atomic E-state index is -6.80. The Morgan fingerprint density at radius 1 is 1.24 bits per heavy atom. The average molecular weight is 408 g/mol. The van der Waals surface area contributed by atoms with Crippen molar-refractivity contribution >= 4 is 10.1 Å². The van der Waals surface area contributed by atoms with Gasteiger partial charge in [0.2, 0.25) is 0 Å². The maximum atomic E-state index is 12.2. The fraction of sp³-hybridized carbons (Fsp3) is 0.700. The van der Waals surface area contributed by atoms with E-state index in [4.69, 9.17) is 0 Å². The van der Waals surface area contributed by atoms with Gasteiger partial charge in [0.15, 0.2) is 10.1 Å². The monoisotopic (exact) mass is 408 g/mol. The number of halogens is 8. The normalized spacial score (nSPS) is 14.7. The zero-order valence-corrected chi connectivity index (χ0v) is 13.3. The van der Waals surface area contributed by atoms with Crippen molar-refractivity contribution in [2.75, 3.05) is 0 Å². The van der Waals surface area contributed by atoms with Crippen LogP contribution in [-0.2, 0) is 28.3 Å². The minimum absolute atomic E-state index is 1.07. The first-order valence-electron chi connectivity index (χ1n) is 6.09. The zero-order chi connectivity index (χ0) is 20.3. The summed E-state index contributed by atoms with van der Waals surface area (Å²) in [4.78, 5) is 3.12. The number of aromatic amines is 1. The SMILES string of the molecule is CCc1[nH]cc[n+]1C.O=S(=O)([O-])C(F)(F)C(F)OC(F)(F)C(F)(F)F. The molecule has 0 amide bonds. The summed E-state index contributed by atoms with van der Waals surface area (Å²) >= 11 is 0. The van der Waals surface area contributed by atoms with E-state index < -0.39 is 34.0 Å². The van der Waals surface area contributed by atoms with Gasteiger partial charge in [-0.05, 0) is 0 Å². The number of rotatable bonds is 5. The Labute approximate surface area is 136 Å². The Kier molecular flexibility index (Phi) is 7.36. The molecule has 1 heterocycles. The molecule has 0 aromatic carbocycles. The van der Waals surface area contributed by atoms with Crippen LogP contribution < -0.4 is 4.57 Å². The molecule has 1 N–H and O–H groups in total. The predicted molar refractivity (Wildman–Crippen MR) is 63.0 cm³/mol. The molecule has 6 nitrogen and oxygen atoms in total. The second kappa shape index (κ2) is 7.82. The minimum Gasteiger partial charge on any atom is -0.743 e. The number of nitrogens with zero attached hydrogens (tertiary/aromatic N) is 1. The Morgan fingerprint density at radius 3 is 1.96 bits per heavy atom. The van der Waals surface area contributed by atoms with Gasteiger partial charge in [0, 0.05) is 6.42 Å². The van der Waals surface area contributed by atoms with E-state index in [9.17, 15) is 48.1 Å². The van der Waals surface area contributed by atoms with Gasteiger partial charge in [0.25, 0.3) is 12.2 Å². The van der Waals surface area contributed by atoms with Crippen molar-refractivity contribution in [3.63, 3.8) is 0 Å². The van der Waals surface area contributed by atoms with Gasteiger partial charge >= 0.3 is 17.5 Å². The highest BCUT2D eigenvalue weighted by molar-refractivity contribution is 7.86. The van der Waals surface area contributed by atoms with Gasteiger partial charge in [-0.1, -0.05) is 6.92 Å². The first kappa shape index (κ1) is 23.5. The fourth-order valence-corrected chi connectivity index (χ4v) is 1.44. The molecule has 15 heteroatoms. The van der Waals surface area contributed by atoms with E-state index in [0.717, 1.165) is 6.42 Å². The summed E-state index contributed by atoms with van der Waals surface area (Å²) < 4.78 is 127. The first-order chi connectivity index (χ1) is 11.0. The molecule has 1 aromatic rings. The van der Waals surface area contributed by atoms with Gasteiger partial charge in [-0.15, -0.1) is 0 Å². The molecule has 148 valence electrons. The van der Waals surface area contributed by atoms with Gasteiger partial charge in [-0.3, -0.25) is 4.74 Å². The van der Waals surface area contributed by atoms with Crippen LogP contribution in [0, 0.1) is 0 Å². The molecular weight excluding hydrogens is 396 g/mol. The molecule has 25 heavy (non-hydrogen) atoms. The highest BCUT2D eigenvalue weighted by Gasteiger charge is 2.64. The lowest BCUT2D eigenvalue weighted by Crippen LogP contribution is -2.48. The maximum Gasteiger partial charge on any atom is 0.483 e. The molecular formula is C10H12F8N2O4S. The molecule has 0 aliphatic heterocycles. The van der Waals surface area contributed by atoms with E-state index in [0.29, 0.717) is 0 Å². The van der Waals surface area contributed by atoms with Crippen LogP contribution in [-0.4, -0.2) is 41.9 Å². The molecule has 0 aliphatic carbocycles. The lowest BCUT2D eigenvalue weighted by molar-refractivity contribution is -0.677. The number of hydrogen-bond acceptors (Lipinski definition) is 4. The van der Waals surface area contributed by atoms with Crippen molar-refractivity contribution in [3.8, 4) is 0 Å². The summed E-state index contributed by atoms with van der Waals surface area (Å²) in [6, 6.07) is 0. The van der Waals surface area contributed by atoms with Crippen LogP contribution in [0.25, 0.3) is 0 Å². The van der Waals surface area contributed by atoms with E-state index in [1.165, 1.54) is 5.82 Å². The van der Waals surface area contributed by atoms with Crippen LogP contribution in [0.3, 0.4) is 0 Å². The summed E-state index contributed by atoms with van der Waals surface area (Å²) in [6.07, 6.45) is -12.9. The lowest BCUT2D eigenvalue weighted by atomic mass is 10.5. The predicted octanol–water partition coefficient (Wildman–Crippen LogP) is 1.99. The van der Waals surface area contributed by atoms with E-state index in [-0.39, 0.29) is 0 Å². The van der Waals surface area contributed by atoms with Crippen molar-refractivity contribution in [1.29, 1.82) is 0 Å². The summed E-state index contributed by atoms with van der Waals surface area (Å²) in [5, 5.41) is -6.08. The summed E-state index contributed by atoms with van der Waals surface area (Å²) in [7, 11) is -4.77. The third kappa shape index (κ3) is 6.07. The van der Waals surface area contributed by atoms with Crippen molar-refractivity contribution in [3.05, 3.63) is 18.2 Å². The number of aryl methyl sites for hydroxylation is 2. The van der Waals surface area contributed by atoms with Gasteiger partial charge in [0.1, 0.15) is 12.4 Å². The van der Waals surface area contributed by atoms with E-state index in [1.54, 1.807) is 0 Å². The van der Waals surface area contributed by atoms with Crippen LogP contribution in [0.2, 0.25) is 0 Å². The van der Waals surface area contributed by atoms with Gasteiger partial charge in [-0.2, -0.15) is 30.7 Å². The highest BCUT2D eigenvalue weighted by Crippen LogP contribution is 2.40. The van der Waals surface area contributed by atoms with Crippen molar-refractivity contribution in [1.82, 2.24) is 4.98 Å². The quantitative estimate of drug-likeness (QED) is 0.459. The number of alkyl halides is 8. The van der Waals surface area contributed by atoms with Gasteiger partial charge in [-0.25, -0.2) is 22.4 Å². The molecule has 0 fully saturated rings. The summed E-state index contributed by atoms with van der Waals surface area (Å²) in [5.74, 6) is 1.27. The highest BCUT2D eigenvalue weighted by atomic mass is 32.2. The topological polar surface area (TPSA) is 86.1 Å². The van der Waals surface area contributed by atoms with Crippen LogP contribution >= 0.6 is 0 Å². The Morgan fingerprint density at radius 2 is 1.72 bits per heavy atom. The summed E-state index contributed by atoms with van der Waals surface area (Å²) in [6.45, 7) is 2.13. The van der Waals surface area contributed by atoms with Crippen molar-refractivity contribution in [2.24, 2.45) is 7.05 Å². The summed E-state index contributed by atoms with van der Waals surface area (Å²) in [5.41, 5.74) is 0. The number of nitrogens with one attached hydrogen (secondary N) is 1. The molecule has 0 radical (unpaired) electrons. The molecule has 0 saturated heterocycles. The van der Waals surface area contributed by atoms with Crippen molar-refractivity contribution in [2.45, 2.75) is 37.2 Å². The first-order valence-corrected chi connectivity index (χ1v) is 7.49. The molecule has 0 aliphatic rings. The second-order valence-corrected chi connectivity index (χ2v) is 5.79. The molecule has 1 atom stereocenters. The number of ether oxygens (including phenoxy) is 1. The smallest absolute Gasteiger partial charge is 0.483 e. The molecule has 1 unspecified atom stereocenters. The van der Waals surface area contributed by atoms with Gasteiger partial charge in [0.05, 0.1) is 7.05 Å². The second-order valence-electron chi connectivity index (χ2n) is 4.34. The third-order valence-corrected chi connectivity index (χ3v) is 3.34. The number of H-pyrrole nitrogens is 1. The molecule has 0 saturated carbocycles. The maximum absolute atomic E-state index is 12.2. The Hall–Kier alpha value is -1.48. The van der Waals surface area contributed by atoms with Crippen LogP contribution in [0.1, 0.15) is 12.7 Å². The molecule has 1 rings (SSSR count). The zero-order valence-electron chi connectivity index (χ0n) is 12.5. The Balaban J connectivity index is 0.000000593. The molecule has 0 spiro atoms. The number of hydrogen-bond donors (Lipinski definition) is 1. The van der Waals surface area contributed by atoms with Gasteiger partial charge < -0.3 is 4.55 Å². The van der Waals surface area contributed by atoms with Crippen LogP contribution in [0.5, 0.6) is 0 Å². The van der Waals surface area contributed by atoms with E-state index in [2.05, 4.69) is 16.5 Å². The van der Waals surface area contributed by atoms with Crippen LogP contribution in [0.15, 0.2) is 12.4 Å². The number of imidazole rings is 1. The molecule has 0 bridgehead atoms. The largest absolute Gasteiger partial charge is 0.743 e. The fourth-order valence-electron chi connectivity index (χ4n) is 1.17. The van der Waals surface area contributed by atoms with E-state index >= 15 is 0 Å². The average Bonchev–Trinajstić information content (AvgIpc) is 2.81. The van der Waals surface area contributed by atoms with E-state index in [1.807, 2.05) is 24.2 Å². The molecule has 1 aromatic heterocycles. The number of aromatic nitrogens is 2. The lowest BCUT2D eigenvalue weighted by Gasteiger charge is -2.27. The van der Waals surface area contributed by atoms with Crippen LogP contribution in [0.4, 0.5) is 35.1 Å². The Bertz CT molecular complexity index is 658.